The fourth-order valence-electron chi connectivity index (χ4n) is 4.04. The highest BCUT2D eigenvalue weighted by Crippen LogP contribution is 2.38. The normalized spacial score (nSPS) is 13.6. The first-order chi connectivity index (χ1) is 12.3. The van der Waals surface area contributed by atoms with Crippen LogP contribution in [0.1, 0.15) is 33.1 Å². The summed E-state index contributed by atoms with van der Waals surface area (Å²) in [6.45, 7) is 2.97. The average molecular weight is 370 g/mol. The minimum Gasteiger partial charge on any atom is -0.396 e. The topological polar surface area (TPSA) is 164 Å². The molecule has 6 N–H and O–H groups in total. The lowest BCUT2D eigenvalue weighted by atomic mass is 9.71. The van der Waals surface area contributed by atoms with Gasteiger partial charge in [-0.25, -0.2) is 9.59 Å². The van der Waals surface area contributed by atoms with Gasteiger partial charge in [-0.15, -0.1) is 0 Å². The molecule has 0 saturated carbocycles. The Morgan fingerprint density at radius 3 is 2.08 bits per heavy atom. The lowest BCUT2D eigenvalue weighted by Gasteiger charge is -2.43. The summed E-state index contributed by atoms with van der Waals surface area (Å²) in [6, 6.07) is 0. The summed E-state index contributed by atoms with van der Waals surface area (Å²) in [6.07, 6.45) is 0.365. The summed E-state index contributed by atoms with van der Waals surface area (Å²) in [5.74, 6) is -0.416. The summed E-state index contributed by atoms with van der Waals surface area (Å²) < 4.78 is 0.978. The third-order valence-electron chi connectivity index (χ3n) is 5.05. The van der Waals surface area contributed by atoms with Crippen molar-refractivity contribution in [2.45, 2.75) is 38.6 Å². The van der Waals surface area contributed by atoms with E-state index < -0.39 is 22.5 Å². The molecular weight excluding hydrogens is 344 g/mol. The van der Waals surface area contributed by atoms with Crippen LogP contribution >= 0.6 is 0 Å². The van der Waals surface area contributed by atoms with Crippen molar-refractivity contribution in [1.82, 2.24) is 19.5 Å². The smallest absolute Gasteiger partial charge is 0.330 e. The summed E-state index contributed by atoms with van der Waals surface area (Å²) in [7, 11) is 0. The fourth-order valence-corrected chi connectivity index (χ4v) is 4.04. The molecule has 0 aliphatic heterocycles. The number of nitrogens with one attached hydrogen (secondary N) is 3. The summed E-state index contributed by atoms with van der Waals surface area (Å²) in [5.41, 5.74) is -3.40. The molecule has 0 aliphatic carbocycles. The summed E-state index contributed by atoms with van der Waals surface area (Å²) >= 11 is 0. The van der Waals surface area contributed by atoms with E-state index in [1.807, 2.05) is 13.8 Å². The molecule has 26 heavy (non-hydrogen) atoms. The number of hydrogen-bond donors (Lipinski definition) is 6. The maximum absolute atomic E-state index is 13.0. The van der Waals surface area contributed by atoms with Gasteiger partial charge in [0.05, 0.1) is 5.54 Å². The lowest BCUT2D eigenvalue weighted by molar-refractivity contribution is 0.0335. The molecule has 0 fully saturated rings. The van der Waals surface area contributed by atoms with Crippen molar-refractivity contribution in [2.24, 2.45) is 11.8 Å². The van der Waals surface area contributed by atoms with Crippen LogP contribution < -0.4 is 16.9 Å². The number of fused-ring (bicyclic) bond motifs is 1. The molecule has 1 atom stereocenters. The van der Waals surface area contributed by atoms with Crippen LogP contribution in [-0.2, 0) is 5.54 Å². The van der Waals surface area contributed by atoms with Gasteiger partial charge in [-0.1, -0.05) is 13.8 Å². The average Bonchev–Trinajstić information content (AvgIpc) is 2.93. The Hall–Kier alpha value is -2.17. The third kappa shape index (κ3) is 3.39. The first kappa shape index (κ1) is 20.1. The quantitative estimate of drug-likeness (QED) is 0.325. The molecule has 10 heteroatoms. The molecule has 2 aromatic heterocycles. The van der Waals surface area contributed by atoms with E-state index in [2.05, 4.69) is 15.0 Å². The monoisotopic (exact) mass is 370 g/mol. The fraction of sp³-hybridized carbons (Fsp3) is 0.688. The van der Waals surface area contributed by atoms with Gasteiger partial charge in [0.25, 0.3) is 5.56 Å². The van der Waals surface area contributed by atoms with Gasteiger partial charge in [0.15, 0.2) is 5.52 Å². The van der Waals surface area contributed by atoms with Crippen molar-refractivity contribution in [2.75, 3.05) is 19.8 Å². The molecule has 0 aliphatic rings. The van der Waals surface area contributed by atoms with Crippen LogP contribution in [-0.4, -0.2) is 54.7 Å². The van der Waals surface area contributed by atoms with Crippen LogP contribution in [0.15, 0.2) is 14.4 Å². The van der Waals surface area contributed by atoms with E-state index in [0.29, 0.717) is 0 Å². The zero-order valence-electron chi connectivity index (χ0n) is 14.9. The van der Waals surface area contributed by atoms with E-state index in [1.165, 1.54) is 0 Å². The van der Waals surface area contributed by atoms with Gasteiger partial charge < -0.3 is 15.3 Å². The second-order valence-corrected chi connectivity index (χ2v) is 6.81. The Balaban J connectivity index is 2.88. The number of imidazole rings is 1. The van der Waals surface area contributed by atoms with Gasteiger partial charge in [-0.2, -0.15) is 0 Å². The van der Waals surface area contributed by atoms with Gasteiger partial charge in [-0.05, 0) is 31.1 Å². The number of aromatic amines is 3. The molecule has 0 amide bonds. The minimum atomic E-state index is -1.21. The Labute approximate surface area is 148 Å². The largest absolute Gasteiger partial charge is 0.396 e. The lowest BCUT2D eigenvalue weighted by Crippen LogP contribution is -2.56. The molecule has 2 rings (SSSR count). The van der Waals surface area contributed by atoms with Crippen molar-refractivity contribution in [3.8, 4) is 0 Å². The zero-order valence-corrected chi connectivity index (χ0v) is 14.9. The van der Waals surface area contributed by atoms with Crippen LogP contribution in [0.4, 0.5) is 0 Å². The van der Waals surface area contributed by atoms with Crippen molar-refractivity contribution < 1.29 is 15.3 Å². The van der Waals surface area contributed by atoms with E-state index in [1.54, 1.807) is 0 Å². The van der Waals surface area contributed by atoms with E-state index in [0.717, 1.165) is 4.57 Å². The van der Waals surface area contributed by atoms with Gasteiger partial charge in [0, 0.05) is 19.8 Å². The van der Waals surface area contributed by atoms with Crippen LogP contribution in [0.5, 0.6) is 0 Å². The van der Waals surface area contributed by atoms with Crippen LogP contribution in [0.25, 0.3) is 11.2 Å². The maximum Gasteiger partial charge on any atom is 0.330 e. The summed E-state index contributed by atoms with van der Waals surface area (Å²) in [5, 5.41) is 28.8. The predicted octanol–water partition coefficient (Wildman–Crippen LogP) is -1.18. The maximum atomic E-state index is 13.0. The molecule has 0 spiro atoms. The Bertz CT molecular complexity index is 900. The first-order valence-electron chi connectivity index (χ1n) is 8.62. The van der Waals surface area contributed by atoms with Crippen molar-refractivity contribution in [3.05, 3.63) is 31.3 Å². The zero-order chi connectivity index (χ0) is 19.5. The van der Waals surface area contributed by atoms with Crippen LogP contribution in [0.2, 0.25) is 0 Å². The van der Waals surface area contributed by atoms with Crippen LogP contribution in [0.3, 0.4) is 0 Å². The van der Waals surface area contributed by atoms with Gasteiger partial charge in [0.2, 0.25) is 0 Å². The Morgan fingerprint density at radius 1 is 0.962 bits per heavy atom. The second-order valence-electron chi connectivity index (χ2n) is 6.81. The third-order valence-corrected chi connectivity index (χ3v) is 5.05. The SMILES string of the molecule is CC(C)C(CCO)C(CCO)(CCO)n1c(=O)[nH]c2[nH]c(=O)[nH]c2c1=O. The van der Waals surface area contributed by atoms with E-state index in [-0.39, 0.29) is 62.1 Å². The van der Waals surface area contributed by atoms with E-state index >= 15 is 0 Å². The summed E-state index contributed by atoms with van der Waals surface area (Å²) in [4.78, 5) is 44.4. The number of rotatable bonds is 9. The molecule has 0 radical (unpaired) electrons. The van der Waals surface area contributed by atoms with Gasteiger partial charge in [-0.3, -0.25) is 24.3 Å². The molecule has 0 bridgehead atoms. The molecule has 0 saturated heterocycles. The van der Waals surface area contributed by atoms with E-state index in [9.17, 15) is 29.7 Å². The Morgan fingerprint density at radius 2 is 1.58 bits per heavy atom. The highest BCUT2D eigenvalue weighted by atomic mass is 16.3. The molecule has 146 valence electrons. The molecule has 1 unspecified atom stereocenters. The predicted molar refractivity (Wildman–Crippen MR) is 95.2 cm³/mol. The number of aliphatic hydroxyl groups is 3. The molecular formula is C16H26N4O6. The van der Waals surface area contributed by atoms with Gasteiger partial charge >= 0.3 is 11.4 Å². The van der Waals surface area contributed by atoms with Crippen molar-refractivity contribution in [1.29, 1.82) is 0 Å². The Kier molecular flexibility index (Phi) is 6.21. The van der Waals surface area contributed by atoms with Crippen LogP contribution in [0, 0.1) is 11.8 Å². The van der Waals surface area contributed by atoms with Crippen molar-refractivity contribution in [3.63, 3.8) is 0 Å². The number of H-pyrrole nitrogens is 3. The second kappa shape index (κ2) is 8.02. The van der Waals surface area contributed by atoms with Gasteiger partial charge in [0.1, 0.15) is 5.65 Å². The highest BCUT2D eigenvalue weighted by Gasteiger charge is 2.43. The number of nitrogens with zero attached hydrogens (tertiary/aromatic N) is 1. The van der Waals surface area contributed by atoms with Crippen molar-refractivity contribution >= 4 is 11.2 Å². The van der Waals surface area contributed by atoms with E-state index in [4.69, 9.17) is 0 Å². The minimum absolute atomic E-state index is 0.00796. The standard InChI is InChI=1S/C16H26N4O6/c1-9(2)10(3-6-21)16(4-7-22,5-8-23)20-13(24)11-12(19-15(20)26)18-14(25)17-11/h9-10,21-23H,3-8H2,1-2H3,(H,19,26)(H2,17,18,25). The number of aliphatic hydroxyl groups excluding tert-OH is 3. The molecule has 0 aromatic carbocycles. The number of aromatic nitrogens is 4. The molecule has 2 heterocycles. The highest BCUT2D eigenvalue weighted by molar-refractivity contribution is 5.67. The molecule has 2 aromatic rings. The number of hydrogen-bond acceptors (Lipinski definition) is 6. The first-order valence-corrected chi connectivity index (χ1v) is 8.62. The molecule has 10 nitrogen and oxygen atoms in total.